The molecule has 5 heteroatoms. The van der Waals surface area contributed by atoms with Crippen molar-refractivity contribution in [2.24, 2.45) is 11.7 Å². The van der Waals surface area contributed by atoms with Gasteiger partial charge >= 0.3 is 0 Å². The molecule has 0 saturated heterocycles. The molecule has 118 valence electrons. The van der Waals surface area contributed by atoms with Gasteiger partial charge < -0.3 is 10.6 Å². The zero-order valence-corrected chi connectivity index (χ0v) is 13.4. The molecule has 0 aliphatic rings. The molecule has 0 bridgehead atoms. The van der Waals surface area contributed by atoms with Gasteiger partial charge in [-0.3, -0.25) is 9.89 Å². The quantitative estimate of drug-likeness (QED) is 0.860. The van der Waals surface area contributed by atoms with Crippen molar-refractivity contribution in [3.05, 3.63) is 42.1 Å². The van der Waals surface area contributed by atoms with Crippen LogP contribution in [0.15, 0.2) is 36.5 Å². The third-order valence-corrected chi connectivity index (χ3v) is 3.93. The Balaban J connectivity index is 2.09. The lowest BCUT2D eigenvalue weighted by Crippen LogP contribution is -2.34. The molecule has 0 radical (unpaired) electrons. The number of hydrogen-bond donors (Lipinski definition) is 2. The fraction of sp³-hybridized carbons (Fsp3) is 0.412. The van der Waals surface area contributed by atoms with Crippen LogP contribution in [-0.2, 0) is 0 Å². The number of aromatic nitrogens is 2. The standard InChI is InChI=1S/C17H24N4O/c1-12(2)15(18)9-10-21(3)17(22)14-11-19-20-16(14)13-7-5-4-6-8-13/h4-8,11-12,15H,9-10,18H2,1-3H3,(H,19,20). The molecule has 3 N–H and O–H groups in total. The number of hydrogen-bond acceptors (Lipinski definition) is 3. The predicted octanol–water partition coefficient (Wildman–Crippen LogP) is 2.52. The van der Waals surface area contributed by atoms with Crippen molar-refractivity contribution in [2.45, 2.75) is 26.3 Å². The number of benzene rings is 1. The normalized spacial score (nSPS) is 12.4. The fourth-order valence-corrected chi connectivity index (χ4v) is 2.26. The Morgan fingerprint density at radius 3 is 2.64 bits per heavy atom. The van der Waals surface area contributed by atoms with Gasteiger partial charge in [-0.05, 0) is 12.3 Å². The lowest BCUT2D eigenvalue weighted by molar-refractivity contribution is 0.0790. The van der Waals surface area contributed by atoms with Gasteiger partial charge in [0, 0.05) is 25.2 Å². The maximum atomic E-state index is 12.6. The Hall–Kier alpha value is -2.14. The summed E-state index contributed by atoms with van der Waals surface area (Å²) >= 11 is 0. The van der Waals surface area contributed by atoms with E-state index in [2.05, 4.69) is 24.0 Å². The first-order valence-electron chi connectivity index (χ1n) is 7.60. The first-order chi connectivity index (χ1) is 10.5. The summed E-state index contributed by atoms with van der Waals surface area (Å²) in [7, 11) is 1.80. The van der Waals surface area contributed by atoms with E-state index in [1.54, 1.807) is 18.1 Å². The van der Waals surface area contributed by atoms with Gasteiger partial charge in [0.2, 0.25) is 0 Å². The molecule has 1 aromatic carbocycles. The van der Waals surface area contributed by atoms with Crippen LogP contribution in [0, 0.1) is 5.92 Å². The van der Waals surface area contributed by atoms with E-state index in [1.807, 2.05) is 30.3 Å². The summed E-state index contributed by atoms with van der Waals surface area (Å²) in [5.41, 5.74) is 8.35. The van der Waals surface area contributed by atoms with E-state index in [4.69, 9.17) is 5.73 Å². The summed E-state index contributed by atoms with van der Waals surface area (Å²) in [6.45, 7) is 4.82. The van der Waals surface area contributed by atoms with Gasteiger partial charge in [-0.2, -0.15) is 5.10 Å². The first kappa shape index (κ1) is 16.2. The van der Waals surface area contributed by atoms with Crippen LogP contribution in [0.5, 0.6) is 0 Å². The summed E-state index contributed by atoms with van der Waals surface area (Å²) in [6.07, 6.45) is 2.38. The molecule has 22 heavy (non-hydrogen) atoms. The van der Waals surface area contributed by atoms with Crippen LogP contribution in [0.1, 0.15) is 30.6 Å². The SMILES string of the molecule is CC(C)C(N)CCN(C)C(=O)c1cn[nH]c1-c1ccccc1. The number of nitrogens with zero attached hydrogens (tertiary/aromatic N) is 2. The van der Waals surface area contributed by atoms with E-state index in [0.717, 1.165) is 17.7 Å². The average Bonchev–Trinajstić information content (AvgIpc) is 3.01. The molecule has 1 unspecified atom stereocenters. The smallest absolute Gasteiger partial charge is 0.257 e. The highest BCUT2D eigenvalue weighted by molar-refractivity contribution is 5.99. The molecule has 0 spiro atoms. The predicted molar refractivity (Wildman–Crippen MR) is 88.4 cm³/mol. The Bertz CT molecular complexity index is 606. The highest BCUT2D eigenvalue weighted by atomic mass is 16.2. The first-order valence-corrected chi connectivity index (χ1v) is 7.60. The van der Waals surface area contributed by atoms with E-state index in [0.29, 0.717) is 18.0 Å². The van der Waals surface area contributed by atoms with Crippen LogP contribution >= 0.6 is 0 Å². The highest BCUT2D eigenvalue weighted by Gasteiger charge is 2.19. The topological polar surface area (TPSA) is 75.0 Å². The monoisotopic (exact) mass is 300 g/mol. The Morgan fingerprint density at radius 1 is 1.32 bits per heavy atom. The number of nitrogens with one attached hydrogen (secondary N) is 1. The maximum absolute atomic E-state index is 12.6. The van der Waals surface area contributed by atoms with Crippen molar-refractivity contribution in [2.75, 3.05) is 13.6 Å². The van der Waals surface area contributed by atoms with E-state index in [1.165, 1.54) is 0 Å². The minimum absolute atomic E-state index is 0.0384. The molecule has 1 atom stereocenters. The zero-order valence-electron chi connectivity index (χ0n) is 13.4. The van der Waals surface area contributed by atoms with Crippen molar-refractivity contribution in [3.63, 3.8) is 0 Å². The molecule has 2 rings (SSSR count). The number of rotatable bonds is 6. The van der Waals surface area contributed by atoms with Gasteiger partial charge in [-0.1, -0.05) is 44.2 Å². The van der Waals surface area contributed by atoms with Crippen molar-refractivity contribution in [1.29, 1.82) is 0 Å². The summed E-state index contributed by atoms with van der Waals surface area (Å²) in [5, 5.41) is 6.95. The van der Waals surface area contributed by atoms with E-state index in [9.17, 15) is 4.79 Å². The number of amides is 1. The second-order valence-electron chi connectivity index (χ2n) is 5.95. The highest BCUT2D eigenvalue weighted by Crippen LogP contribution is 2.21. The number of nitrogens with two attached hydrogens (primary N) is 1. The minimum Gasteiger partial charge on any atom is -0.342 e. The Morgan fingerprint density at radius 2 is 2.00 bits per heavy atom. The molecule has 1 heterocycles. The molecule has 1 aromatic heterocycles. The molecule has 0 aliphatic heterocycles. The van der Waals surface area contributed by atoms with Crippen LogP contribution in [0.3, 0.4) is 0 Å². The number of carbonyl (C=O) groups is 1. The van der Waals surface area contributed by atoms with E-state index < -0.39 is 0 Å². The van der Waals surface area contributed by atoms with Crippen molar-refractivity contribution >= 4 is 5.91 Å². The average molecular weight is 300 g/mol. The van der Waals surface area contributed by atoms with Crippen LogP contribution in [0.25, 0.3) is 11.3 Å². The van der Waals surface area contributed by atoms with Crippen LogP contribution in [0.2, 0.25) is 0 Å². The molecule has 0 aliphatic carbocycles. The largest absolute Gasteiger partial charge is 0.342 e. The number of carbonyl (C=O) groups excluding carboxylic acids is 1. The summed E-state index contributed by atoms with van der Waals surface area (Å²) in [6, 6.07) is 9.85. The third kappa shape index (κ3) is 3.74. The molecule has 5 nitrogen and oxygen atoms in total. The molecule has 1 amide bonds. The Labute approximate surface area is 131 Å². The van der Waals surface area contributed by atoms with Gasteiger partial charge in [-0.25, -0.2) is 0 Å². The molecular weight excluding hydrogens is 276 g/mol. The summed E-state index contributed by atoms with van der Waals surface area (Å²) < 4.78 is 0. The summed E-state index contributed by atoms with van der Waals surface area (Å²) in [4.78, 5) is 14.3. The molecule has 0 fully saturated rings. The third-order valence-electron chi connectivity index (χ3n) is 3.93. The van der Waals surface area contributed by atoms with Gasteiger partial charge in [0.05, 0.1) is 17.5 Å². The maximum Gasteiger partial charge on any atom is 0.257 e. The lowest BCUT2D eigenvalue weighted by atomic mass is 10.0. The molecule has 2 aromatic rings. The minimum atomic E-state index is -0.0384. The van der Waals surface area contributed by atoms with Crippen LogP contribution < -0.4 is 5.73 Å². The Kier molecular flexibility index (Phi) is 5.33. The molecule has 0 saturated carbocycles. The van der Waals surface area contributed by atoms with E-state index >= 15 is 0 Å². The zero-order chi connectivity index (χ0) is 16.1. The van der Waals surface area contributed by atoms with Gasteiger partial charge in [0.1, 0.15) is 0 Å². The number of aromatic amines is 1. The van der Waals surface area contributed by atoms with Crippen molar-refractivity contribution in [3.8, 4) is 11.3 Å². The molecular formula is C17H24N4O. The van der Waals surface area contributed by atoms with Crippen LogP contribution in [-0.4, -0.2) is 40.6 Å². The van der Waals surface area contributed by atoms with Crippen molar-refractivity contribution < 1.29 is 4.79 Å². The van der Waals surface area contributed by atoms with Gasteiger partial charge in [0.15, 0.2) is 0 Å². The van der Waals surface area contributed by atoms with Gasteiger partial charge in [0.25, 0.3) is 5.91 Å². The van der Waals surface area contributed by atoms with E-state index in [-0.39, 0.29) is 11.9 Å². The second-order valence-corrected chi connectivity index (χ2v) is 5.95. The van der Waals surface area contributed by atoms with Gasteiger partial charge in [-0.15, -0.1) is 0 Å². The van der Waals surface area contributed by atoms with Crippen LogP contribution in [0.4, 0.5) is 0 Å². The summed E-state index contributed by atoms with van der Waals surface area (Å²) in [5.74, 6) is 0.376. The number of H-pyrrole nitrogens is 1. The van der Waals surface area contributed by atoms with Crippen molar-refractivity contribution in [1.82, 2.24) is 15.1 Å². The second kappa shape index (κ2) is 7.22. The fourth-order valence-electron chi connectivity index (χ4n) is 2.26. The lowest BCUT2D eigenvalue weighted by Gasteiger charge is -2.21.